The van der Waals surface area contributed by atoms with Crippen LogP contribution in [0.15, 0.2) is 54.6 Å². The van der Waals surface area contributed by atoms with Crippen molar-refractivity contribution in [1.29, 1.82) is 0 Å². The lowest BCUT2D eigenvalue weighted by Gasteiger charge is -2.37. The van der Waals surface area contributed by atoms with Gasteiger partial charge in [0.1, 0.15) is 5.75 Å². The Bertz CT molecular complexity index is 1010. The van der Waals surface area contributed by atoms with Crippen LogP contribution in [0.25, 0.3) is 10.8 Å². The summed E-state index contributed by atoms with van der Waals surface area (Å²) in [5.74, 6) is 1.15. The van der Waals surface area contributed by atoms with Crippen LogP contribution >= 0.6 is 0 Å². The summed E-state index contributed by atoms with van der Waals surface area (Å²) in [6.07, 6.45) is 2.80. The molecular formula is C25H27NO2. The zero-order chi connectivity index (χ0) is 19.1. The second-order valence-electron chi connectivity index (χ2n) is 8.22. The molecule has 0 saturated heterocycles. The third-order valence-electron chi connectivity index (χ3n) is 6.59. The Kier molecular flexibility index (Phi) is 4.58. The summed E-state index contributed by atoms with van der Waals surface area (Å²) >= 11 is 0. The average Bonchev–Trinajstić information content (AvgIpc) is 2.75. The molecule has 3 nitrogen and oxygen atoms in total. The fraction of sp³-hybridized carbons (Fsp3) is 0.360. The van der Waals surface area contributed by atoms with E-state index >= 15 is 0 Å². The number of fused-ring (bicyclic) bond motifs is 4. The van der Waals surface area contributed by atoms with Gasteiger partial charge in [0.15, 0.2) is 0 Å². The van der Waals surface area contributed by atoms with Crippen molar-refractivity contribution >= 4 is 10.8 Å². The van der Waals surface area contributed by atoms with E-state index in [9.17, 15) is 5.11 Å². The largest absolute Gasteiger partial charge is 0.497 e. The Morgan fingerprint density at radius 1 is 1.00 bits per heavy atom. The van der Waals surface area contributed by atoms with E-state index in [1.165, 1.54) is 22.1 Å². The predicted octanol–water partition coefficient (Wildman–Crippen LogP) is 4.50. The summed E-state index contributed by atoms with van der Waals surface area (Å²) in [5.41, 5.74) is 5.35. The number of aryl methyl sites for hydroxylation is 1. The zero-order valence-electron chi connectivity index (χ0n) is 16.4. The number of hydrogen-bond donors (Lipinski definition) is 1. The highest BCUT2D eigenvalue weighted by atomic mass is 16.5. The highest BCUT2D eigenvalue weighted by Crippen LogP contribution is 2.40. The topological polar surface area (TPSA) is 32.7 Å². The standard InChI is InChI=1S/C25H27NO2/c1-28-22-10-11-23-19(14-22)8-6-18-7-9-21(25(27)24(18)23)16-26-13-12-17-4-2-3-5-20(17)15-26/h2-6,8,10-11,14,21,25,27H,7,9,12-13,15-16H2,1H3. The first-order chi connectivity index (χ1) is 13.7. The Balaban J connectivity index is 1.40. The SMILES string of the molecule is COc1ccc2c3c(ccc2c1)CCC(CN1CCc2ccccc2C1)C3O. The summed E-state index contributed by atoms with van der Waals surface area (Å²) in [4.78, 5) is 2.52. The van der Waals surface area contributed by atoms with Gasteiger partial charge in [-0.15, -0.1) is 0 Å². The van der Waals surface area contributed by atoms with E-state index in [0.717, 1.165) is 55.6 Å². The van der Waals surface area contributed by atoms with E-state index in [-0.39, 0.29) is 5.92 Å². The van der Waals surface area contributed by atoms with Crippen molar-refractivity contribution < 1.29 is 9.84 Å². The van der Waals surface area contributed by atoms with Crippen molar-refractivity contribution in [2.45, 2.75) is 31.9 Å². The number of nitrogens with zero attached hydrogens (tertiary/aromatic N) is 1. The van der Waals surface area contributed by atoms with Gasteiger partial charge in [0.25, 0.3) is 0 Å². The molecule has 1 aliphatic heterocycles. The van der Waals surface area contributed by atoms with E-state index in [1.54, 1.807) is 7.11 Å². The minimum Gasteiger partial charge on any atom is -0.497 e. The molecule has 3 aromatic rings. The molecule has 3 heteroatoms. The molecule has 1 N–H and O–H groups in total. The highest BCUT2D eigenvalue weighted by Gasteiger charge is 2.31. The number of ether oxygens (including phenoxy) is 1. The first-order valence-corrected chi connectivity index (χ1v) is 10.3. The minimum absolute atomic E-state index is 0.283. The molecule has 0 spiro atoms. The minimum atomic E-state index is -0.405. The monoisotopic (exact) mass is 373 g/mol. The maximum Gasteiger partial charge on any atom is 0.119 e. The molecule has 2 unspecified atom stereocenters. The summed E-state index contributed by atoms with van der Waals surface area (Å²) in [5, 5.41) is 13.6. The van der Waals surface area contributed by atoms with Crippen molar-refractivity contribution in [1.82, 2.24) is 4.90 Å². The van der Waals surface area contributed by atoms with E-state index in [1.807, 2.05) is 6.07 Å². The van der Waals surface area contributed by atoms with Gasteiger partial charge in [-0.3, -0.25) is 4.90 Å². The van der Waals surface area contributed by atoms with Gasteiger partial charge in [0, 0.05) is 25.6 Å². The molecule has 0 saturated carbocycles. The smallest absolute Gasteiger partial charge is 0.119 e. The van der Waals surface area contributed by atoms with E-state index in [2.05, 4.69) is 53.4 Å². The van der Waals surface area contributed by atoms with Crippen LogP contribution < -0.4 is 4.74 Å². The number of methoxy groups -OCH3 is 1. The third kappa shape index (κ3) is 3.09. The fourth-order valence-electron chi connectivity index (χ4n) is 5.04. The van der Waals surface area contributed by atoms with Crippen molar-refractivity contribution in [2.75, 3.05) is 20.2 Å². The quantitative estimate of drug-likeness (QED) is 0.734. The first-order valence-electron chi connectivity index (χ1n) is 10.3. The number of aliphatic hydroxyl groups is 1. The molecule has 2 atom stereocenters. The maximum atomic E-state index is 11.3. The summed E-state index contributed by atoms with van der Waals surface area (Å²) in [7, 11) is 1.70. The zero-order valence-corrected chi connectivity index (χ0v) is 16.4. The van der Waals surface area contributed by atoms with Crippen LogP contribution in [0, 0.1) is 5.92 Å². The molecule has 2 aliphatic rings. The number of rotatable bonds is 3. The van der Waals surface area contributed by atoms with Gasteiger partial charge in [-0.25, -0.2) is 0 Å². The van der Waals surface area contributed by atoms with Crippen LogP contribution in [0.1, 0.15) is 34.8 Å². The number of aliphatic hydroxyl groups excluding tert-OH is 1. The second kappa shape index (κ2) is 7.23. The highest BCUT2D eigenvalue weighted by molar-refractivity contribution is 5.88. The van der Waals surface area contributed by atoms with Gasteiger partial charge in [0.05, 0.1) is 13.2 Å². The van der Waals surface area contributed by atoms with Crippen molar-refractivity contribution in [2.24, 2.45) is 5.92 Å². The van der Waals surface area contributed by atoms with E-state index < -0.39 is 6.10 Å². The summed E-state index contributed by atoms with van der Waals surface area (Å²) in [6, 6.07) is 19.3. The molecule has 144 valence electrons. The normalized spacial score (nSPS) is 21.9. The average molecular weight is 373 g/mol. The molecule has 0 fully saturated rings. The molecule has 1 aliphatic carbocycles. The predicted molar refractivity (Wildman–Crippen MR) is 113 cm³/mol. The van der Waals surface area contributed by atoms with Crippen LogP contribution in [0.3, 0.4) is 0 Å². The third-order valence-corrected chi connectivity index (χ3v) is 6.59. The molecule has 0 radical (unpaired) electrons. The lowest BCUT2D eigenvalue weighted by molar-refractivity contribution is 0.0634. The van der Waals surface area contributed by atoms with Gasteiger partial charge in [-0.1, -0.05) is 42.5 Å². The maximum absolute atomic E-state index is 11.3. The van der Waals surface area contributed by atoms with Crippen molar-refractivity contribution in [3.05, 3.63) is 76.9 Å². The Morgan fingerprint density at radius 2 is 1.86 bits per heavy atom. The van der Waals surface area contributed by atoms with Crippen LogP contribution in [0.2, 0.25) is 0 Å². The van der Waals surface area contributed by atoms with Crippen LogP contribution in [-0.2, 0) is 19.4 Å². The van der Waals surface area contributed by atoms with Crippen LogP contribution in [0.5, 0.6) is 5.75 Å². The molecule has 0 aromatic heterocycles. The Hall–Kier alpha value is -2.36. The van der Waals surface area contributed by atoms with Crippen molar-refractivity contribution in [3.63, 3.8) is 0 Å². The fourth-order valence-corrected chi connectivity index (χ4v) is 5.04. The molecular weight excluding hydrogens is 346 g/mol. The van der Waals surface area contributed by atoms with Gasteiger partial charge in [-0.05, 0) is 64.4 Å². The lowest BCUT2D eigenvalue weighted by Crippen LogP contribution is -2.37. The van der Waals surface area contributed by atoms with Crippen LogP contribution in [0.4, 0.5) is 0 Å². The van der Waals surface area contributed by atoms with E-state index in [0.29, 0.717) is 0 Å². The van der Waals surface area contributed by atoms with Gasteiger partial charge < -0.3 is 9.84 Å². The Labute approximate surface area is 166 Å². The number of hydrogen-bond acceptors (Lipinski definition) is 3. The molecule has 1 heterocycles. The lowest BCUT2D eigenvalue weighted by atomic mass is 9.78. The van der Waals surface area contributed by atoms with Crippen molar-refractivity contribution in [3.8, 4) is 5.75 Å². The Morgan fingerprint density at radius 3 is 2.71 bits per heavy atom. The number of benzene rings is 3. The molecule has 28 heavy (non-hydrogen) atoms. The summed E-state index contributed by atoms with van der Waals surface area (Å²) < 4.78 is 5.37. The molecule has 3 aromatic carbocycles. The second-order valence-corrected chi connectivity index (χ2v) is 8.22. The van der Waals surface area contributed by atoms with Gasteiger partial charge in [0.2, 0.25) is 0 Å². The van der Waals surface area contributed by atoms with Gasteiger partial charge >= 0.3 is 0 Å². The molecule has 5 rings (SSSR count). The van der Waals surface area contributed by atoms with E-state index in [4.69, 9.17) is 4.74 Å². The van der Waals surface area contributed by atoms with Crippen LogP contribution in [-0.4, -0.2) is 30.2 Å². The van der Waals surface area contributed by atoms with Gasteiger partial charge in [-0.2, -0.15) is 0 Å². The molecule has 0 amide bonds. The molecule has 0 bridgehead atoms. The summed E-state index contributed by atoms with van der Waals surface area (Å²) in [6.45, 7) is 3.04. The first kappa shape index (κ1) is 17.7.